The van der Waals surface area contributed by atoms with Crippen LogP contribution in [0.3, 0.4) is 0 Å². The number of imidazole rings is 2. The van der Waals surface area contributed by atoms with Crippen LogP contribution in [0.5, 0.6) is 0 Å². The molecule has 0 bridgehead atoms. The minimum absolute atomic E-state index is 0.555. The first kappa shape index (κ1) is 20.6. The molecule has 9 aromatic rings. The van der Waals surface area contributed by atoms with Gasteiger partial charge in [0.15, 0.2) is 0 Å². The zero-order valence-corrected chi connectivity index (χ0v) is 20.6. The lowest BCUT2D eigenvalue weighted by molar-refractivity contribution is 0.651. The Hall–Kier alpha value is -5.49. The van der Waals surface area contributed by atoms with Crippen molar-refractivity contribution in [3.8, 4) is 17.2 Å². The molecule has 0 saturated heterocycles. The summed E-state index contributed by atoms with van der Waals surface area (Å²) < 4.78 is 10.6. The first-order valence-electron chi connectivity index (χ1n) is 12.9. The maximum absolute atomic E-state index is 6.45. The van der Waals surface area contributed by atoms with Gasteiger partial charge in [0, 0.05) is 21.7 Å². The molecule has 4 heterocycles. The molecule has 0 aliphatic carbocycles. The van der Waals surface area contributed by atoms with Crippen molar-refractivity contribution in [2.45, 2.75) is 0 Å². The van der Waals surface area contributed by atoms with Crippen LogP contribution in [0.15, 0.2) is 120 Å². The second-order valence-corrected chi connectivity index (χ2v) is 9.74. The van der Waals surface area contributed by atoms with E-state index in [4.69, 9.17) is 19.4 Å². The van der Waals surface area contributed by atoms with E-state index in [1.54, 1.807) is 0 Å². The van der Waals surface area contributed by atoms with Gasteiger partial charge in [-0.25, -0.2) is 23.9 Å². The summed E-state index contributed by atoms with van der Waals surface area (Å²) >= 11 is 0. The van der Waals surface area contributed by atoms with Crippen LogP contribution in [-0.4, -0.2) is 23.9 Å². The predicted molar refractivity (Wildman–Crippen MR) is 155 cm³/mol. The number of fused-ring (bicyclic) bond motifs is 10. The molecule has 0 fully saturated rings. The molecule has 0 aliphatic heterocycles. The van der Waals surface area contributed by atoms with Crippen molar-refractivity contribution in [3.63, 3.8) is 0 Å². The van der Waals surface area contributed by atoms with E-state index in [2.05, 4.69) is 69.6 Å². The highest BCUT2D eigenvalue weighted by molar-refractivity contribution is 6.10. The quantitative estimate of drug-likeness (QED) is 0.226. The monoisotopic (exact) mass is 501 g/mol. The highest BCUT2D eigenvalue weighted by Crippen LogP contribution is 2.37. The average molecular weight is 502 g/mol. The van der Waals surface area contributed by atoms with E-state index in [-0.39, 0.29) is 0 Å². The Balaban J connectivity index is 1.51. The Labute approximate surface area is 221 Å². The molecule has 9 rings (SSSR count). The van der Waals surface area contributed by atoms with Gasteiger partial charge in [0.05, 0.1) is 22.2 Å². The van der Waals surface area contributed by atoms with Gasteiger partial charge in [0.2, 0.25) is 17.4 Å². The van der Waals surface area contributed by atoms with Crippen LogP contribution in [0, 0.1) is 0 Å². The van der Waals surface area contributed by atoms with Gasteiger partial charge in [-0.15, -0.1) is 0 Å². The van der Waals surface area contributed by atoms with Crippen molar-refractivity contribution in [1.82, 2.24) is 23.9 Å². The van der Waals surface area contributed by atoms with E-state index in [0.29, 0.717) is 11.7 Å². The van der Waals surface area contributed by atoms with Gasteiger partial charge in [-0.2, -0.15) is 0 Å². The molecule has 0 N–H and O–H groups in total. The third-order valence-electron chi connectivity index (χ3n) is 7.55. The highest BCUT2D eigenvalue weighted by atomic mass is 16.3. The standard InChI is InChI=1S/C33H19N5O/c1-2-11-21(12-3-1)28-24-19-18-20-10-4-5-13-22(20)29(24)36-32(35-28)38-30-23-14-6-9-17-27(23)39-31(30)37-26-16-8-7-15-25(26)34-33(37)38/h1-19H. The zero-order valence-electron chi connectivity index (χ0n) is 20.6. The highest BCUT2D eigenvalue weighted by Gasteiger charge is 2.25. The van der Waals surface area contributed by atoms with Gasteiger partial charge in [-0.3, -0.25) is 0 Å². The van der Waals surface area contributed by atoms with Crippen LogP contribution in [0.2, 0.25) is 0 Å². The molecule has 0 atom stereocenters. The fourth-order valence-corrected chi connectivity index (χ4v) is 5.81. The number of rotatable bonds is 2. The van der Waals surface area contributed by atoms with E-state index in [1.165, 1.54) is 0 Å². The summed E-state index contributed by atoms with van der Waals surface area (Å²) in [5, 5.41) is 4.22. The molecule has 0 unspecified atom stereocenters. The van der Waals surface area contributed by atoms with Crippen LogP contribution in [0.4, 0.5) is 0 Å². The van der Waals surface area contributed by atoms with E-state index in [0.717, 1.165) is 66.2 Å². The number of furan rings is 1. The molecule has 39 heavy (non-hydrogen) atoms. The molecule has 0 amide bonds. The fraction of sp³-hybridized carbons (Fsp3) is 0. The average Bonchev–Trinajstić information content (AvgIpc) is 3.64. The Morgan fingerprint density at radius 3 is 2.28 bits per heavy atom. The molecular formula is C33H19N5O. The maximum Gasteiger partial charge on any atom is 0.238 e. The van der Waals surface area contributed by atoms with Crippen molar-refractivity contribution in [2.75, 3.05) is 0 Å². The van der Waals surface area contributed by atoms with Crippen LogP contribution in [-0.2, 0) is 0 Å². The lowest BCUT2D eigenvalue weighted by Gasteiger charge is -2.12. The Morgan fingerprint density at radius 1 is 0.590 bits per heavy atom. The molecule has 5 aromatic carbocycles. The normalized spacial score (nSPS) is 12.1. The number of para-hydroxylation sites is 3. The van der Waals surface area contributed by atoms with Crippen molar-refractivity contribution < 1.29 is 4.42 Å². The van der Waals surface area contributed by atoms with Crippen LogP contribution < -0.4 is 0 Å². The van der Waals surface area contributed by atoms with Crippen molar-refractivity contribution in [2.24, 2.45) is 0 Å². The first-order valence-corrected chi connectivity index (χ1v) is 12.9. The SMILES string of the molecule is c1ccc(-c2nc(-n3c4c5ccccc5oc4n4c5ccccc5nc34)nc3c2ccc2ccccc23)cc1. The van der Waals surface area contributed by atoms with E-state index in [9.17, 15) is 0 Å². The number of aromatic nitrogens is 5. The lowest BCUT2D eigenvalue weighted by atomic mass is 10.0. The first-order chi connectivity index (χ1) is 19.3. The predicted octanol–water partition coefficient (Wildman–Crippen LogP) is 7.94. The number of benzene rings is 5. The fourth-order valence-electron chi connectivity index (χ4n) is 5.81. The molecule has 182 valence electrons. The van der Waals surface area contributed by atoms with E-state index in [1.807, 2.05) is 54.6 Å². The minimum Gasteiger partial charge on any atom is -0.437 e. The topological polar surface area (TPSA) is 61.2 Å². The molecular weight excluding hydrogens is 482 g/mol. The number of hydrogen-bond acceptors (Lipinski definition) is 4. The van der Waals surface area contributed by atoms with Gasteiger partial charge < -0.3 is 4.42 Å². The maximum atomic E-state index is 6.45. The summed E-state index contributed by atoms with van der Waals surface area (Å²) in [5.74, 6) is 1.27. The Kier molecular flexibility index (Phi) is 3.96. The molecule has 0 radical (unpaired) electrons. The molecule has 4 aromatic heterocycles. The second kappa shape index (κ2) is 7.52. The minimum atomic E-state index is 0.555. The summed E-state index contributed by atoms with van der Waals surface area (Å²) in [6.45, 7) is 0. The van der Waals surface area contributed by atoms with E-state index < -0.39 is 0 Å². The van der Waals surface area contributed by atoms with Crippen LogP contribution >= 0.6 is 0 Å². The van der Waals surface area contributed by atoms with Crippen LogP contribution in [0.25, 0.3) is 77.9 Å². The summed E-state index contributed by atoms with van der Waals surface area (Å²) in [6.07, 6.45) is 0. The third-order valence-corrected chi connectivity index (χ3v) is 7.55. The zero-order chi connectivity index (χ0) is 25.5. The van der Waals surface area contributed by atoms with Gasteiger partial charge in [-0.05, 0) is 35.7 Å². The van der Waals surface area contributed by atoms with Crippen molar-refractivity contribution >= 4 is 60.7 Å². The lowest BCUT2D eigenvalue weighted by Crippen LogP contribution is -2.04. The second-order valence-electron chi connectivity index (χ2n) is 9.74. The molecule has 0 spiro atoms. The smallest absolute Gasteiger partial charge is 0.238 e. The third kappa shape index (κ3) is 2.77. The van der Waals surface area contributed by atoms with Gasteiger partial charge in [0.1, 0.15) is 11.1 Å². The van der Waals surface area contributed by atoms with Gasteiger partial charge >= 0.3 is 0 Å². The molecule has 0 aliphatic rings. The number of hydrogen-bond donors (Lipinski definition) is 0. The largest absolute Gasteiger partial charge is 0.437 e. The summed E-state index contributed by atoms with van der Waals surface area (Å²) in [7, 11) is 0. The van der Waals surface area contributed by atoms with E-state index >= 15 is 0 Å². The Bertz CT molecular complexity index is 2400. The van der Waals surface area contributed by atoms with Gasteiger partial charge in [0.25, 0.3) is 0 Å². The summed E-state index contributed by atoms with van der Waals surface area (Å²) in [5.41, 5.74) is 7.12. The molecule has 6 heteroatoms. The molecule has 0 saturated carbocycles. The van der Waals surface area contributed by atoms with Crippen LogP contribution in [0.1, 0.15) is 0 Å². The number of nitrogens with zero attached hydrogens (tertiary/aromatic N) is 5. The van der Waals surface area contributed by atoms with Gasteiger partial charge in [-0.1, -0.05) is 84.9 Å². The summed E-state index contributed by atoms with van der Waals surface area (Å²) in [6, 6.07) is 39.1. The summed E-state index contributed by atoms with van der Waals surface area (Å²) in [4.78, 5) is 15.5. The molecule has 6 nitrogen and oxygen atoms in total. The Morgan fingerprint density at radius 2 is 1.36 bits per heavy atom. The van der Waals surface area contributed by atoms with Crippen molar-refractivity contribution in [1.29, 1.82) is 0 Å². The van der Waals surface area contributed by atoms with Crippen molar-refractivity contribution in [3.05, 3.63) is 115 Å².